The fourth-order valence-corrected chi connectivity index (χ4v) is 4.67. The Labute approximate surface area is 153 Å². The van der Waals surface area contributed by atoms with Gasteiger partial charge in [-0.05, 0) is 55.0 Å². The molecule has 2 aromatic carbocycles. The SMILES string of the molecule is Cc1cccc(-n2cc(S(=O)(=O)NC3CCCc4ccccc43)cn2)c1. The van der Waals surface area contributed by atoms with Crippen molar-refractivity contribution in [1.82, 2.24) is 14.5 Å². The van der Waals surface area contributed by atoms with Crippen LogP contribution in [0.4, 0.5) is 0 Å². The van der Waals surface area contributed by atoms with Crippen molar-refractivity contribution in [3.05, 3.63) is 77.6 Å². The minimum absolute atomic E-state index is 0.182. The Bertz CT molecular complexity index is 1040. The van der Waals surface area contributed by atoms with Crippen LogP contribution in [0.1, 0.15) is 35.6 Å². The van der Waals surface area contributed by atoms with Crippen LogP contribution in [-0.4, -0.2) is 18.2 Å². The number of sulfonamides is 1. The van der Waals surface area contributed by atoms with Crippen LogP contribution in [0.25, 0.3) is 5.69 Å². The molecular formula is C20H21N3O2S. The largest absolute Gasteiger partial charge is 0.244 e. The molecule has 0 fully saturated rings. The van der Waals surface area contributed by atoms with Gasteiger partial charge in [0.2, 0.25) is 10.0 Å². The van der Waals surface area contributed by atoms with Gasteiger partial charge in [-0.3, -0.25) is 0 Å². The maximum absolute atomic E-state index is 12.9. The highest BCUT2D eigenvalue weighted by molar-refractivity contribution is 7.89. The molecule has 0 saturated carbocycles. The summed E-state index contributed by atoms with van der Waals surface area (Å²) in [5.74, 6) is 0. The zero-order chi connectivity index (χ0) is 18.1. The van der Waals surface area contributed by atoms with Crippen molar-refractivity contribution in [1.29, 1.82) is 0 Å². The van der Waals surface area contributed by atoms with Gasteiger partial charge >= 0.3 is 0 Å². The Morgan fingerprint density at radius 1 is 1.15 bits per heavy atom. The second-order valence-corrected chi connectivity index (χ2v) is 8.44. The molecule has 1 atom stereocenters. The first-order chi connectivity index (χ1) is 12.5. The summed E-state index contributed by atoms with van der Waals surface area (Å²) in [6.45, 7) is 1.99. The van der Waals surface area contributed by atoms with Gasteiger partial charge in [0.1, 0.15) is 4.90 Å². The van der Waals surface area contributed by atoms with Crippen molar-refractivity contribution in [2.45, 2.75) is 37.1 Å². The summed E-state index contributed by atoms with van der Waals surface area (Å²) in [6.07, 6.45) is 5.75. The van der Waals surface area contributed by atoms with Gasteiger partial charge in [-0.1, -0.05) is 36.4 Å². The van der Waals surface area contributed by atoms with Gasteiger partial charge in [-0.2, -0.15) is 5.10 Å². The summed E-state index contributed by atoms with van der Waals surface area (Å²) in [4.78, 5) is 0.182. The summed E-state index contributed by atoms with van der Waals surface area (Å²) in [5, 5.41) is 4.23. The molecule has 1 unspecified atom stereocenters. The van der Waals surface area contributed by atoms with E-state index < -0.39 is 10.0 Å². The molecule has 1 aromatic heterocycles. The molecule has 1 N–H and O–H groups in total. The second kappa shape index (κ2) is 6.70. The molecule has 0 spiro atoms. The van der Waals surface area contributed by atoms with Crippen molar-refractivity contribution in [2.75, 3.05) is 0 Å². The van der Waals surface area contributed by atoms with E-state index in [1.54, 1.807) is 10.9 Å². The quantitative estimate of drug-likeness (QED) is 0.767. The monoisotopic (exact) mass is 367 g/mol. The zero-order valence-corrected chi connectivity index (χ0v) is 15.4. The molecule has 1 aliphatic carbocycles. The summed E-state index contributed by atoms with van der Waals surface area (Å²) in [5.41, 5.74) is 4.24. The number of fused-ring (bicyclic) bond motifs is 1. The van der Waals surface area contributed by atoms with E-state index >= 15 is 0 Å². The molecule has 5 nitrogen and oxygen atoms in total. The van der Waals surface area contributed by atoms with Crippen LogP contribution in [0, 0.1) is 6.92 Å². The summed E-state index contributed by atoms with van der Waals surface area (Å²) < 4.78 is 30.2. The molecule has 0 saturated heterocycles. The molecule has 0 amide bonds. The van der Waals surface area contributed by atoms with Crippen molar-refractivity contribution >= 4 is 10.0 Å². The molecule has 4 rings (SSSR count). The molecule has 134 valence electrons. The molecule has 1 heterocycles. The van der Waals surface area contributed by atoms with Gasteiger partial charge in [-0.15, -0.1) is 0 Å². The third kappa shape index (κ3) is 3.30. The highest BCUT2D eigenvalue weighted by Gasteiger charge is 2.26. The van der Waals surface area contributed by atoms with Crippen LogP contribution in [0.3, 0.4) is 0 Å². The minimum Gasteiger partial charge on any atom is -0.240 e. The number of hydrogen-bond donors (Lipinski definition) is 1. The summed E-state index contributed by atoms with van der Waals surface area (Å²) in [7, 11) is -3.63. The van der Waals surface area contributed by atoms with Crippen LogP contribution in [0.2, 0.25) is 0 Å². The lowest BCUT2D eigenvalue weighted by Crippen LogP contribution is -2.30. The van der Waals surface area contributed by atoms with Crippen LogP contribution >= 0.6 is 0 Å². The maximum atomic E-state index is 12.9. The molecule has 3 aromatic rings. The second-order valence-electron chi connectivity index (χ2n) is 6.72. The number of nitrogens with one attached hydrogen (secondary N) is 1. The summed E-state index contributed by atoms with van der Waals surface area (Å²) in [6, 6.07) is 15.7. The molecule has 0 bridgehead atoms. The van der Waals surface area contributed by atoms with Gasteiger partial charge in [0.05, 0.1) is 18.1 Å². The third-order valence-electron chi connectivity index (χ3n) is 4.80. The van der Waals surface area contributed by atoms with Crippen LogP contribution in [-0.2, 0) is 16.4 Å². The number of rotatable bonds is 4. The van der Waals surface area contributed by atoms with E-state index in [1.165, 1.54) is 11.8 Å². The fraction of sp³-hybridized carbons (Fsp3) is 0.250. The van der Waals surface area contributed by atoms with E-state index in [1.807, 2.05) is 49.4 Å². The fourth-order valence-electron chi connectivity index (χ4n) is 3.49. The van der Waals surface area contributed by atoms with E-state index in [9.17, 15) is 8.42 Å². The van der Waals surface area contributed by atoms with Crippen molar-refractivity contribution in [3.63, 3.8) is 0 Å². The van der Waals surface area contributed by atoms with E-state index in [-0.39, 0.29) is 10.9 Å². The van der Waals surface area contributed by atoms with Crippen molar-refractivity contribution < 1.29 is 8.42 Å². The van der Waals surface area contributed by atoms with Gasteiger partial charge in [0, 0.05) is 6.04 Å². The predicted molar refractivity (Wildman–Crippen MR) is 101 cm³/mol. The lowest BCUT2D eigenvalue weighted by atomic mass is 9.88. The Morgan fingerprint density at radius 3 is 2.85 bits per heavy atom. The lowest BCUT2D eigenvalue weighted by molar-refractivity contribution is 0.507. The Balaban J connectivity index is 1.61. The average Bonchev–Trinajstić information content (AvgIpc) is 3.13. The molecule has 0 aliphatic heterocycles. The van der Waals surface area contributed by atoms with Crippen LogP contribution in [0.15, 0.2) is 65.8 Å². The van der Waals surface area contributed by atoms with E-state index in [0.717, 1.165) is 36.1 Å². The van der Waals surface area contributed by atoms with E-state index in [2.05, 4.69) is 15.9 Å². The number of hydrogen-bond acceptors (Lipinski definition) is 3. The number of nitrogens with zero attached hydrogens (tertiary/aromatic N) is 2. The summed E-state index contributed by atoms with van der Waals surface area (Å²) >= 11 is 0. The lowest BCUT2D eigenvalue weighted by Gasteiger charge is -2.25. The Morgan fingerprint density at radius 2 is 2.00 bits per heavy atom. The van der Waals surface area contributed by atoms with Gasteiger partial charge in [0.15, 0.2) is 0 Å². The first-order valence-corrected chi connectivity index (χ1v) is 10.2. The number of benzene rings is 2. The molecule has 0 radical (unpaired) electrons. The maximum Gasteiger partial charge on any atom is 0.244 e. The average molecular weight is 367 g/mol. The number of aryl methyl sites for hydroxylation is 2. The van der Waals surface area contributed by atoms with Crippen molar-refractivity contribution in [3.8, 4) is 5.69 Å². The standard InChI is InChI=1S/C20H21N3O2S/c1-15-6-4-9-17(12-15)23-14-18(13-21-23)26(24,25)22-20-11-5-8-16-7-2-3-10-19(16)20/h2-4,6-7,9-10,12-14,20,22H,5,8,11H2,1H3. The zero-order valence-electron chi connectivity index (χ0n) is 14.6. The van der Waals surface area contributed by atoms with Gasteiger partial charge in [-0.25, -0.2) is 17.8 Å². The topological polar surface area (TPSA) is 64.0 Å². The van der Waals surface area contributed by atoms with Gasteiger partial charge in [0.25, 0.3) is 0 Å². The highest BCUT2D eigenvalue weighted by Crippen LogP contribution is 2.30. The van der Waals surface area contributed by atoms with Gasteiger partial charge < -0.3 is 0 Å². The van der Waals surface area contributed by atoms with E-state index in [0.29, 0.717) is 0 Å². The predicted octanol–water partition coefficient (Wildman–Crippen LogP) is 3.54. The molecule has 6 heteroatoms. The van der Waals surface area contributed by atoms with Crippen molar-refractivity contribution in [2.24, 2.45) is 0 Å². The van der Waals surface area contributed by atoms with Crippen LogP contribution < -0.4 is 4.72 Å². The van der Waals surface area contributed by atoms with Crippen LogP contribution in [0.5, 0.6) is 0 Å². The third-order valence-corrected chi connectivity index (χ3v) is 6.23. The Hall–Kier alpha value is -2.44. The first kappa shape index (κ1) is 17.0. The number of aromatic nitrogens is 2. The Kier molecular flexibility index (Phi) is 4.38. The molecular weight excluding hydrogens is 346 g/mol. The van der Waals surface area contributed by atoms with E-state index in [4.69, 9.17) is 0 Å². The smallest absolute Gasteiger partial charge is 0.240 e. The first-order valence-electron chi connectivity index (χ1n) is 8.75. The molecule has 1 aliphatic rings. The minimum atomic E-state index is -3.63. The molecule has 26 heavy (non-hydrogen) atoms. The highest BCUT2D eigenvalue weighted by atomic mass is 32.2. The normalized spacial score (nSPS) is 17.0.